The van der Waals surface area contributed by atoms with Crippen molar-refractivity contribution >= 4 is 55.9 Å². The van der Waals surface area contributed by atoms with Crippen LogP contribution in [0.2, 0.25) is 10.0 Å². The molecule has 0 bridgehead atoms. The van der Waals surface area contributed by atoms with Crippen molar-refractivity contribution < 1.29 is 13.2 Å². The van der Waals surface area contributed by atoms with Crippen molar-refractivity contribution in [2.45, 2.75) is 11.3 Å². The minimum absolute atomic E-state index is 0.0549. The van der Waals surface area contributed by atoms with Gasteiger partial charge in [0.15, 0.2) is 5.65 Å². The Labute approximate surface area is 221 Å². The average molecular weight is 556 g/mol. The van der Waals surface area contributed by atoms with Crippen LogP contribution in [0, 0.1) is 0 Å². The molecule has 0 saturated carbocycles. The standard InChI is InChI=1S/C24H19Cl2N7O3S/c25-19-2-1-3-21(22(19)26)37(35,36)33-16-6-4-14(5-7-16)20-12-17(18-13-29-32-23(18)30-20)24(34)27-10-8-15-9-11-28-31-15/h1-7,9,11-13,33H,8,10H2,(H,27,34)(H,28,31)(H,29,30,32). The largest absolute Gasteiger partial charge is 0.352 e. The van der Waals surface area contributed by atoms with E-state index in [2.05, 4.69) is 35.4 Å². The summed E-state index contributed by atoms with van der Waals surface area (Å²) in [7, 11) is -3.96. The van der Waals surface area contributed by atoms with E-state index in [1.54, 1.807) is 42.7 Å². The Balaban J connectivity index is 1.37. The van der Waals surface area contributed by atoms with Crippen molar-refractivity contribution in [1.29, 1.82) is 0 Å². The van der Waals surface area contributed by atoms with Gasteiger partial charge in [-0.05, 0) is 36.4 Å². The lowest BCUT2D eigenvalue weighted by Gasteiger charge is -2.11. The number of benzene rings is 2. The molecule has 0 unspecified atom stereocenters. The second-order valence-electron chi connectivity index (χ2n) is 8.01. The molecule has 13 heteroatoms. The smallest absolute Gasteiger partial charge is 0.263 e. The summed E-state index contributed by atoms with van der Waals surface area (Å²) in [5.74, 6) is -0.266. The summed E-state index contributed by atoms with van der Waals surface area (Å²) in [6.45, 7) is 0.420. The molecule has 0 spiro atoms. The Kier molecular flexibility index (Phi) is 6.83. The maximum absolute atomic E-state index is 13.0. The van der Waals surface area contributed by atoms with Crippen molar-refractivity contribution in [3.63, 3.8) is 0 Å². The SMILES string of the molecule is O=C(NCCc1ccn[nH]1)c1cc(-c2ccc(NS(=O)(=O)c3cccc(Cl)c3Cl)cc2)nc2[nH]ncc12. The van der Waals surface area contributed by atoms with Gasteiger partial charge in [-0.2, -0.15) is 10.2 Å². The van der Waals surface area contributed by atoms with Crippen LogP contribution in [-0.4, -0.2) is 46.2 Å². The Bertz CT molecular complexity index is 1690. The number of nitrogens with one attached hydrogen (secondary N) is 4. The molecule has 4 N–H and O–H groups in total. The second-order valence-corrected chi connectivity index (χ2v) is 10.4. The topological polar surface area (TPSA) is 146 Å². The lowest BCUT2D eigenvalue weighted by atomic mass is 10.1. The van der Waals surface area contributed by atoms with Crippen molar-refractivity contribution in [3.8, 4) is 11.3 Å². The van der Waals surface area contributed by atoms with Crippen molar-refractivity contribution in [3.05, 3.63) is 88.3 Å². The van der Waals surface area contributed by atoms with E-state index >= 15 is 0 Å². The molecular formula is C24H19Cl2N7O3S. The number of rotatable bonds is 8. The van der Waals surface area contributed by atoms with E-state index in [0.717, 1.165) is 5.69 Å². The third-order valence-electron chi connectivity index (χ3n) is 5.54. The highest BCUT2D eigenvalue weighted by Crippen LogP contribution is 2.31. The molecular weight excluding hydrogens is 537 g/mol. The van der Waals surface area contributed by atoms with Crippen LogP contribution < -0.4 is 10.0 Å². The van der Waals surface area contributed by atoms with E-state index in [-0.39, 0.29) is 20.8 Å². The summed E-state index contributed by atoms with van der Waals surface area (Å²) in [5, 5.41) is 17.2. The Morgan fingerprint density at radius 1 is 1.00 bits per heavy atom. The molecule has 3 heterocycles. The van der Waals surface area contributed by atoms with Crippen LogP contribution in [0.5, 0.6) is 0 Å². The van der Waals surface area contributed by atoms with Gasteiger partial charge in [-0.25, -0.2) is 13.4 Å². The third kappa shape index (κ3) is 5.29. The fourth-order valence-corrected chi connectivity index (χ4v) is 5.53. The first-order valence-electron chi connectivity index (χ1n) is 11.0. The van der Waals surface area contributed by atoms with E-state index in [1.807, 2.05) is 6.07 Å². The van der Waals surface area contributed by atoms with Gasteiger partial charge in [0.05, 0.1) is 32.9 Å². The molecule has 5 rings (SSSR count). The highest BCUT2D eigenvalue weighted by Gasteiger charge is 2.20. The zero-order valence-electron chi connectivity index (χ0n) is 19.0. The number of carbonyl (C=O) groups excluding carboxylic acids is 1. The number of nitrogens with zero attached hydrogens (tertiary/aromatic N) is 3. The molecule has 0 fully saturated rings. The molecule has 0 aliphatic rings. The number of aromatic nitrogens is 5. The number of pyridine rings is 1. The molecule has 0 aliphatic carbocycles. The Hall–Kier alpha value is -3.93. The van der Waals surface area contributed by atoms with Crippen LogP contribution in [0.4, 0.5) is 5.69 Å². The van der Waals surface area contributed by atoms with Gasteiger partial charge in [-0.1, -0.05) is 41.4 Å². The number of hydrogen-bond donors (Lipinski definition) is 4. The van der Waals surface area contributed by atoms with Gasteiger partial charge in [-0.15, -0.1) is 0 Å². The summed E-state index contributed by atoms with van der Waals surface area (Å²) >= 11 is 12.0. The van der Waals surface area contributed by atoms with Gasteiger partial charge >= 0.3 is 0 Å². The van der Waals surface area contributed by atoms with E-state index in [9.17, 15) is 13.2 Å². The van der Waals surface area contributed by atoms with Crippen molar-refractivity contribution in [1.82, 2.24) is 30.7 Å². The molecule has 37 heavy (non-hydrogen) atoms. The number of sulfonamides is 1. The third-order valence-corrected chi connectivity index (χ3v) is 7.90. The molecule has 2 aromatic carbocycles. The first kappa shape index (κ1) is 24.8. The van der Waals surface area contributed by atoms with Crippen LogP contribution in [0.15, 0.2) is 71.9 Å². The van der Waals surface area contributed by atoms with E-state index in [0.29, 0.717) is 46.5 Å². The molecule has 3 aromatic heterocycles. The highest BCUT2D eigenvalue weighted by atomic mass is 35.5. The lowest BCUT2D eigenvalue weighted by Crippen LogP contribution is -2.26. The molecule has 0 saturated heterocycles. The Morgan fingerprint density at radius 3 is 2.57 bits per heavy atom. The molecule has 10 nitrogen and oxygen atoms in total. The number of halogens is 2. The molecule has 188 valence electrons. The Morgan fingerprint density at radius 2 is 1.81 bits per heavy atom. The minimum Gasteiger partial charge on any atom is -0.352 e. The zero-order chi connectivity index (χ0) is 26.0. The van der Waals surface area contributed by atoms with Crippen LogP contribution in [0.1, 0.15) is 16.1 Å². The molecule has 0 atom stereocenters. The summed E-state index contributed by atoms with van der Waals surface area (Å²) in [6, 6.07) is 14.5. The summed E-state index contributed by atoms with van der Waals surface area (Å²) < 4.78 is 28.1. The number of amides is 1. The van der Waals surface area contributed by atoms with Gasteiger partial charge in [0.2, 0.25) is 0 Å². The summed E-state index contributed by atoms with van der Waals surface area (Å²) in [6.07, 6.45) is 3.81. The molecule has 5 aromatic rings. The molecule has 0 radical (unpaired) electrons. The van der Waals surface area contributed by atoms with E-state index in [1.165, 1.54) is 18.2 Å². The van der Waals surface area contributed by atoms with Crippen molar-refractivity contribution in [2.24, 2.45) is 0 Å². The number of hydrogen-bond acceptors (Lipinski definition) is 6. The lowest BCUT2D eigenvalue weighted by molar-refractivity contribution is 0.0955. The number of H-pyrrole nitrogens is 2. The van der Waals surface area contributed by atoms with E-state index in [4.69, 9.17) is 23.2 Å². The second kappa shape index (κ2) is 10.2. The van der Waals surface area contributed by atoms with Crippen LogP contribution >= 0.6 is 23.2 Å². The number of aromatic amines is 2. The maximum atomic E-state index is 13.0. The van der Waals surface area contributed by atoms with Crippen molar-refractivity contribution in [2.75, 3.05) is 11.3 Å². The monoisotopic (exact) mass is 555 g/mol. The quantitative estimate of drug-likeness (QED) is 0.223. The normalized spacial score (nSPS) is 11.5. The fourth-order valence-electron chi connectivity index (χ4n) is 3.71. The van der Waals surface area contributed by atoms with Crippen LogP contribution in [0.25, 0.3) is 22.3 Å². The zero-order valence-corrected chi connectivity index (χ0v) is 21.3. The van der Waals surface area contributed by atoms with Gasteiger partial charge in [-0.3, -0.25) is 19.7 Å². The van der Waals surface area contributed by atoms with Crippen LogP contribution in [0.3, 0.4) is 0 Å². The molecule has 0 aliphatic heterocycles. The molecule has 1 amide bonds. The van der Waals surface area contributed by atoms with Gasteiger partial charge < -0.3 is 5.32 Å². The fraction of sp³-hybridized carbons (Fsp3) is 0.0833. The van der Waals surface area contributed by atoms with Gasteiger partial charge in [0.1, 0.15) is 4.90 Å². The predicted molar refractivity (Wildman–Crippen MR) is 141 cm³/mol. The first-order valence-corrected chi connectivity index (χ1v) is 13.2. The minimum atomic E-state index is -3.96. The number of carbonyl (C=O) groups is 1. The predicted octanol–water partition coefficient (Wildman–Crippen LogP) is 4.43. The number of fused-ring (bicyclic) bond motifs is 1. The highest BCUT2D eigenvalue weighted by molar-refractivity contribution is 7.92. The summed E-state index contributed by atoms with van der Waals surface area (Å²) in [5.41, 5.74) is 3.29. The van der Waals surface area contributed by atoms with Crippen LogP contribution in [-0.2, 0) is 16.4 Å². The van der Waals surface area contributed by atoms with E-state index < -0.39 is 10.0 Å². The van der Waals surface area contributed by atoms with Gasteiger partial charge in [0.25, 0.3) is 15.9 Å². The maximum Gasteiger partial charge on any atom is 0.263 e. The average Bonchev–Trinajstić information content (AvgIpc) is 3.57. The first-order chi connectivity index (χ1) is 17.8. The summed E-state index contributed by atoms with van der Waals surface area (Å²) in [4.78, 5) is 17.4. The van der Waals surface area contributed by atoms with Gasteiger partial charge in [0, 0.05) is 36.1 Å². The number of anilines is 1.